The molecule has 108 valence electrons. The highest BCUT2D eigenvalue weighted by atomic mass is 16.3. The molecule has 0 radical (unpaired) electrons. The molecule has 1 rings (SSSR count). The summed E-state index contributed by atoms with van der Waals surface area (Å²) < 4.78 is 0. The maximum absolute atomic E-state index is 9.09. The summed E-state index contributed by atoms with van der Waals surface area (Å²) in [6.45, 7) is 10.0. The highest BCUT2D eigenvalue weighted by Gasteiger charge is 2.12. The van der Waals surface area contributed by atoms with Gasteiger partial charge in [0.25, 0.3) is 0 Å². The first-order chi connectivity index (χ1) is 9.08. The van der Waals surface area contributed by atoms with Gasteiger partial charge in [0.05, 0.1) is 0 Å². The van der Waals surface area contributed by atoms with Crippen LogP contribution in [0.4, 0.5) is 0 Å². The van der Waals surface area contributed by atoms with Crippen molar-refractivity contribution in [1.82, 2.24) is 5.32 Å². The van der Waals surface area contributed by atoms with E-state index in [0.29, 0.717) is 18.6 Å². The van der Waals surface area contributed by atoms with Crippen LogP contribution in [0.5, 0.6) is 0 Å². The highest BCUT2D eigenvalue weighted by Crippen LogP contribution is 2.19. The van der Waals surface area contributed by atoms with Crippen LogP contribution in [0.1, 0.15) is 55.8 Å². The second-order valence-electron chi connectivity index (χ2n) is 5.66. The highest BCUT2D eigenvalue weighted by molar-refractivity contribution is 5.32. The SMILES string of the molecule is CCCC(CCO)CNC(C)c1ccc(C)cc1C. The maximum atomic E-state index is 9.09. The lowest BCUT2D eigenvalue weighted by Gasteiger charge is -2.21. The Morgan fingerprint density at radius 2 is 1.95 bits per heavy atom. The Kier molecular flexibility index (Phi) is 7.11. The van der Waals surface area contributed by atoms with Crippen molar-refractivity contribution in [3.05, 3.63) is 34.9 Å². The van der Waals surface area contributed by atoms with E-state index in [-0.39, 0.29) is 0 Å². The number of aryl methyl sites for hydroxylation is 2. The van der Waals surface area contributed by atoms with E-state index in [1.165, 1.54) is 29.5 Å². The van der Waals surface area contributed by atoms with Crippen molar-refractivity contribution in [2.45, 2.75) is 53.0 Å². The number of hydrogen-bond acceptors (Lipinski definition) is 2. The zero-order valence-corrected chi connectivity index (χ0v) is 12.9. The first-order valence-electron chi connectivity index (χ1n) is 7.49. The minimum atomic E-state index is 0.296. The fraction of sp³-hybridized carbons (Fsp3) is 0.647. The van der Waals surface area contributed by atoms with Crippen molar-refractivity contribution in [2.75, 3.05) is 13.2 Å². The number of benzene rings is 1. The van der Waals surface area contributed by atoms with Crippen LogP contribution in [0.2, 0.25) is 0 Å². The van der Waals surface area contributed by atoms with Gasteiger partial charge < -0.3 is 10.4 Å². The molecule has 0 spiro atoms. The molecule has 0 aliphatic heterocycles. The first-order valence-corrected chi connectivity index (χ1v) is 7.49. The molecule has 0 saturated heterocycles. The summed E-state index contributed by atoms with van der Waals surface area (Å²) in [5.41, 5.74) is 4.05. The molecule has 1 aromatic carbocycles. The van der Waals surface area contributed by atoms with Gasteiger partial charge in [-0.05, 0) is 57.2 Å². The molecule has 2 N–H and O–H groups in total. The van der Waals surface area contributed by atoms with Crippen molar-refractivity contribution in [3.8, 4) is 0 Å². The lowest BCUT2D eigenvalue weighted by atomic mass is 9.97. The number of aliphatic hydroxyl groups is 1. The zero-order valence-electron chi connectivity index (χ0n) is 12.9. The Bertz CT molecular complexity index is 370. The summed E-state index contributed by atoms with van der Waals surface area (Å²) in [6.07, 6.45) is 3.28. The molecular weight excluding hydrogens is 234 g/mol. The summed E-state index contributed by atoms with van der Waals surface area (Å²) >= 11 is 0. The van der Waals surface area contributed by atoms with Crippen LogP contribution in [-0.2, 0) is 0 Å². The monoisotopic (exact) mass is 263 g/mol. The minimum Gasteiger partial charge on any atom is -0.396 e. The Morgan fingerprint density at radius 3 is 2.53 bits per heavy atom. The molecule has 2 nitrogen and oxygen atoms in total. The number of aliphatic hydroxyl groups excluding tert-OH is 1. The van der Waals surface area contributed by atoms with Gasteiger partial charge in [-0.25, -0.2) is 0 Å². The van der Waals surface area contributed by atoms with E-state index in [4.69, 9.17) is 5.11 Å². The third-order valence-corrected chi connectivity index (χ3v) is 3.84. The molecule has 0 amide bonds. The molecule has 0 saturated carbocycles. The molecule has 2 heteroatoms. The van der Waals surface area contributed by atoms with E-state index in [0.717, 1.165) is 13.0 Å². The standard InChI is InChI=1S/C17H29NO/c1-5-6-16(9-10-19)12-18-15(4)17-8-7-13(2)11-14(17)3/h7-8,11,15-16,18-19H,5-6,9-10,12H2,1-4H3. The third kappa shape index (κ3) is 5.33. The lowest BCUT2D eigenvalue weighted by Crippen LogP contribution is -2.26. The largest absolute Gasteiger partial charge is 0.396 e. The van der Waals surface area contributed by atoms with E-state index < -0.39 is 0 Å². The number of rotatable bonds is 8. The van der Waals surface area contributed by atoms with Gasteiger partial charge in [0.1, 0.15) is 0 Å². The van der Waals surface area contributed by atoms with Gasteiger partial charge in [0, 0.05) is 12.6 Å². The Morgan fingerprint density at radius 1 is 1.21 bits per heavy atom. The molecule has 0 aliphatic carbocycles. The quantitative estimate of drug-likeness (QED) is 0.748. The van der Waals surface area contributed by atoms with E-state index in [2.05, 4.69) is 51.2 Å². The molecule has 2 atom stereocenters. The van der Waals surface area contributed by atoms with Crippen LogP contribution in [0, 0.1) is 19.8 Å². The van der Waals surface area contributed by atoms with Gasteiger partial charge in [-0.1, -0.05) is 37.1 Å². The fourth-order valence-electron chi connectivity index (χ4n) is 2.70. The average molecular weight is 263 g/mol. The summed E-state index contributed by atoms with van der Waals surface area (Å²) in [5.74, 6) is 0.586. The Labute approximate surface area is 118 Å². The second kappa shape index (κ2) is 8.34. The van der Waals surface area contributed by atoms with Gasteiger partial charge in [-0.3, -0.25) is 0 Å². The van der Waals surface area contributed by atoms with Crippen LogP contribution < -0.4 is 5.32 Å². The van der Waals surface area contributed by atoms with Gasteiger partial charge in [0.2, 0.25) is 0 Å². The topological polar surface area (TPSA) is 32.3 Å². The van der Waals surface area contributed by atoms with Crippen LogP contribution in [0.25, 0.3) is 0 Å². The van der Waals surface area contributed by atoms with Crippen molar-refractivity contribution in [1.29, 1.82) is 0 Å². The van der Waals surface area contributed by atoms with E-state index >= 15 is 0 Å². The van der Waals surface area contributed by atoms with E-state index in [1.54, 1.807) is 0 Å². The summed E-state index contributed by atoms with van der Waals surface area (Å²) in [5, 5.41) is 12.7. The normalized spacial score (nSPS) is 14.4. The third-order valence-electron chi connectivity index (χ3n) is 3.84. The van der Waals surface area contributed by atoms with Gasteiger partial charge in [-0.15, -0.1) is 0 Å². The minimum absolute atomic E-state index is 0.296. The first kappa shape index (κ1) is 16.2. The molecule has 0 heterocycles. The molecule has 0 aliphatic rings. The lowest BCUT2D eigenvalue weighted by molar-refractivity contribution is 0.245. The van der Waals surface area contributed by atoms with Crippen molar-refractivity contribution in [2.24, 2.45) is 5.92 Å². The molecule has 2 unspecified atom stereocenters. The van der Waals surface area contributed by atoms with Crippen molar-refractivity contribution >= 4 is 0 Å². The number of nitrogens with one attached hydrogen (secondary N) is 1. The van der Waals surface area contributed by atoms with Crippen LogP contribution >= 0.6 is 0 Å². The van der Waals surface area contributed by atoms with Crippen LogP contribution in [0.15, 0.2) is 18.2 Å². The van der Waals surface area contributed by atoms with Crippen molar-refractivity contribution < 1.29 is 5.11 Å². The summed E-state index contributed by atoms with van der Waals surface area (Å²) in [6, 6.07) is 7.02. The average Bonchev–Trinajstić information content (AvgIpc) is 2.36. The zero-order chi connectivity index (χ0) is 14.3. The van der Waals surface area contributed by atoms with Crippen LogP contribution in [0.3, 0.4) is 0 Å². The molecular formula is C17H29NO. The Balaban J connectivity index is 2.55. The van der Waals surface area contributed by atoms with Gasteiger partial charge in [-0.2, -0.15) is 0 Å². The maximum Gasteiger partial charge on any atom is 0.0434 e. The molecule has 0 bridgehead atoms. The molecule has 0 fully saturated rings. The predicted molar refractivity (Wildman–Crippen MR) is 82.4 cm³/mol. The van der Waals surface area contributed by atoms with Crippen molar-refractivity contribution in [3.63, 3.8) is 0 Å². The van der Waals surface area contributed by atoms with Gasteiger partial charge in [0.15, 0.2) is 0 Å². The summed E-state index contributed by atoms with van der Waals surface area (Å²) in [4.78, 5) is 0. The second-order valence-corrected chi connectivity index (χ2v) is 5.66. The fourth-order valence-corrected chi connectivity index (χ4v) is 2.70. The van der Waals surface area contributed by atoms with E-state index in [1.807, 2.05) is 0 Å². The predicted octanol–water partition coefficient (Wildman–Crippen LogP) is 3.75. The number of hydrogen-bond donors (Lipinski definition) is 2. The molecule has 19 heavy (non-hydrogen) atoms. The smallest absolute Gasteiger partial charge is 0.0434 e. The molecule has 1 aromatic rings. The van der Waals surface area contributed by atoms with Gasteiger partial charge >= 0.3 is 0 Å². The Hall–Kier alpha value is -0.860. The molecule has 0 aromatic heterocycles. The van der Waals surface area contributed by atoms with E-state index in [9.17, 15) is 0 Å². The summed E-state index contributed by atoms with van der Waals surface area (Å²) in [7, 11) is 0. The van der Waals surface area contributed by atoms with Crippen LogP contribution in [-0.4, -0.2) is 18.3 Å².